The van der Waals surface area contributed by atoms with Gasteiger partial charge in [-0.2, -0.15) is 43.5 Å². The topological polar surface area (TPSA) is 63.6 Å². The van der Waals surface area contributed by atoms with Gasteiger partial charge in [-0.25, -0.2) is 13.2 Å². The molecule has 0 saturated carbocycles. The zero-order valence-electron chi connectivity index (χ0n) is 22.4. The predicted molar refractivity (Wildman–Crippen MR) is 117 cm³/mol. The first-order chi connectivity index (χ1) is 16.3. The average molecular weight is 605 g/mol. The van der Waals surface area contributed by atoms with Crippen molar-refractivity contribution in [3.05, 3.63) is 0 Å². The van der Waals surface area contributed by atoms with Crippen molar-refractivity contribution in [1.29, 1.82) is 0 Å². The van der Waals surface area contributed by atoms with Gasteiger partial charge in [0.25, 0.3) is 5.85 Å². The normalized spacial score (nSPS) is 21.4. The number of hydrogen-bond acceptors (Lipinski definition) is 3. The molecule has 0 aliphatic carbocycles. The zero-order valence-corrected chi connectivity index (χ0v) is 23.3. The fourth-order valence-corrected chi connectivity index (χ4v) is 5.04. The lowest BCUT2D eigenvalue weighted by atomic mass is 9.50. The third-order valence-corrected chi connectivity index (χ3v) is 9.63. The molecule has 0 radical (unpaired) electrons. The molecule has 0 aromatic carbocycles. The summed E-state index contributed by atoms with van der Waals surface area (Å²) in [6, 6.07) is 0. The van der Waals surface area contributed by atoms with Crippen LogP contribution < -0.4 is 0 Å². The highest BCUT2D eigenvalue weighted by Gasteiger charge is 2.83. The molecule has 0 aliphatic rings. The molecule has 0 amide bonds. The Labute approximate surface area is 215 Å². The Morgan fingerprint density at radius 1 is 0.684 bits per heavy atom. The van der Waals surface area contributed by atoms with Crippen LogP contribution in [0.5, 0.6) is 0 Å². The van der Waals surface area contributed by atoms with Gasteiger partial charge in [0.05, 0.1) is 0 Å². The van der Waals surface area contributed by atoms with Gasteiger partial charge in [-0.05, 0) is 24.7 Å². The maximum atomic E-state index is 17.0. The SMILES string of the molecule is CCC(C)(C(F)(F)C(F)F)C(C)(CC)C(F)(F)C(F)(OC(F)(F)C(F)(F)S(=O)(=O)O)C(C)(CC)C(C)(C)C. The molecule has 1 N–H and O–H groups in total. The molecule has 0 heterocycles. The Bertz CT molecular complexity index is 951. The van der Waals surface area contributed by atoms with Crippen molar-refractivity contribution in [2.45, 2.75) is 117 Å². The molecule has 4 nitrogen and oxygen atoms in total. The number of alkyl halides is 11. The number of halogens is 11. The monoisotopic (exact) mass is 604 g/mol. The van der Waals surface area contributed by atoms with Gasteiger partial charge in [-0.15, -0.1) is 0 Å². The number of hydrogen-bond donors (Lipinski definition) is 1. The second-order valence-electron chi connectivity index (χ2n) is 11.0. The van der Waals surface area contributed by atoms with Crippen molar-refractivity contribution in [1.82, 2.24) is 0 Å². The molecule has 0 rings (SSSR count). The third-order valence-electron chi connectivity index (χ3n) is 8.74. The summed E-state index contributed by atoms with van der Waals surface area (Å²) in [7, 11) is -7.11. The first-order valence-electron chi connectivity index (χ1n) is 11.5. The Balaban J connectivity index is 8.02. The molecule has 4 atom stereocenters. The van der Waals surface area contributed by atoms with Crippen molar-refractivity contribution in [3.63, 3.8) is 0 Å². The first kappa shape index (κ1) is 37.1. The van der Waals surface area contributed by atoms with Crippen LogP contribution in [-0.4, -0.2) is 48.5 Å². The van der Waals surface area contributed by atoms with Crippen molar-refractivity contribution >= 4 is 10.1 Å². The minimum absolute atomic E-state index is 0.211. The maximum Gasteiger partial charge on any atom is 0.460 e. The van der Waals surface area contributed by atoms with E-state index in [0.717, 1.165) is 41.5 Å². The van der Waals surface area contributed by atoms with Crippen molar-refractivity contribution in [2.75, 3.05) is 0 Å². The predicted octanol–water partition coefficient (Wildman–Crippen LogP) is 8.57. The van der Waals surface area contributed by atoms with Crippen LogP contribution in [0.15, 0.2) is 0 Å². The van der Waals surface area contributed by atoms with E-state index in [0.29, 0.717) is 6.92 Å². The molecular formula is C22H35F11O4S. The zero-order chi connectivity index (χ0) is 31.4. The average Bonchev–Trinajstić information content (AvgIpc) is 2.74. The second kappa shape index (κ2) is 10.2. The van der Waals surface area contributed by atoms with Crippen LogP contribution in [0.2, 0.25) is 0 Å². The fraction of sp³-hybridized carbons (Fsp3) is 1.00. The molecule has 38 heavy (non-hydrogen) atoms. The standard InChI is InChI=1S/C22H35F11O4S/c1-10-15(7,14(4,5)6)20(29,37-21(30,31)22(32,33)38(34,35)36)19(27,28)17(9,12-3)16(8,11-2)18(25,26)13(23)24/h13H,10-12H2,1-9H3,(H,34,35,36). The van der Waals surface area contributed by atoms with Gasteiger partial charge >= 0.3 is 39.8 Å². The third kappa shape index (κ3) is 4.81. The molecule has 0 aromatic heterocycles. The van der Waals surface area contributed by atoms with Gasteiger partial charge in [0.15, 0.2) is 0 Å². The van der Waals surface area contributed by atoms with Crippen LogP contribution in [0, 0.1) is 21.7 Å². The smallest absolute Gasteiger partial charge is 0.281 e. The van der Waals surface area contributed by atoms with E-state index in [4.69, 9.17) is 4.55 Å². The van der Waals surface area contributed by atoms with E-state index in [2.05, 4.69) is 4.74 Å². The molecule has 0 aliphatic heterocycles. The minimum Gasteiger partial charge on any atom is -0.281 e. The van der Waals surface area contributed by atoms with E-state index in [1.165, 1.54) is 0 Å². The molecule has 16 heteroatoms. The Kier molecular flexibility index (Phi) is 9.94. The first-order valence-corrected chi connectivity index (χ1v) is 12.9. The van der Waals surface area contributed by atoms with Gasteiger partial charge < -0.3 is 0 Å². The Morgan fingerprint density at radius 2 is 1.03 bits per heavy atom. The number of ether oxygens (including phenoxy) is 1. The van der Waals surface area contributed by atoms with Gasteiger partial charge in [0.2, 0.25) is 0 Å². The quantitative estimate of drug-likeness (QED) is 0.169. The molecule has 4 unspecified atom stereocenters. The Hall–Kier alpha value is -0.900. The van der Waals surface area contributed by atoms with E-state index in [9.17, 15) is 43.5 Å². The summed E-state index contributed by atoms with van der Waals surface area (Å²) in [5, 5.41) is -6.69. The summed E-state index contributed by atoms with van der Waals surface area (Å²) in [4.78, 5) is 0. The van der Waals surface area contributed by atoms with Crippen LogP contribution in [-0.2, 0) is 14.9 Å². The highest BCUT2D eigenvalue weighted by atomic mass is 32.2. The molecule has 230 valence electrons. The van der Waals surface area contributed by atoms with E-state index in [1.807, 2.05) is 0 Å². The van der Waals surface area contributed by atoms with Crippen molar-refractivity contribution in [2.24, 2.45) is 21.7 Å². The van der Waals surface area contributed by atoms with Crippen molar-refractivity contribution in [3.8, 4) is 0 Å². The highest BCUT2D eigenvalue weighted by molar-refractivity contribution is 7.86. The van der Waals surface area contributed by atoms with Crippen LogP contribution in [0.3, 0.4) is 0 Å². The largest absolute Gasteiger partial charge is 0.460 e. The van der Waals surface area contributed by atoms with E-state index >= 15 is 13.2 Å². The maximum absolute atomic E-state index is 17.0. The van der Waals surface area contributed by atoms with Crippen molar-refractivity contribution < 1.29 is 66.0 Å². The van der Waals surface area contributed by atoms with E-state index < -0.39 is 86.5 Å². The van der Waals surface area contributed by atoms with Gasteiger partial charge in [-0.1, -0.05) is 62.3 Å². The summed E-state index contributed by atoms with van der Waals surface area (Å²) < 4.78 is 198. The summed E-state index contributed by atoms with van der Waals surface area (Å²) in [6.45, 7) is 6.49. The van der Waals surface area contributed by atoms with E-state index in [1.54, 1.807) is 0 Å². The lowest BCUT2D eigenvalue weighted by molar-refractivity contribution is -0.473. The highest BCUT2D eigenvalue weighted by Crippen LogP contribution is 2.70. The molecule has 0 bridgehead atoms. The summed E-state index contributed by atoms with van der Waals surface area (Å²) in [5.74, 6) is -16.4. The molecule has 0 saturated heterocycles. The molecule has 0 spiro atoms. The number of rotatable bonds is 13. The van der Waals surface area contributed by atoms with Crippen LogP contribution in [0.1, 0.15) is 81.6 Å². The van der Waals surface area contributed by atoms with Crippen LogP contribution in [0.4, 0.5) is 48.3 Å². The molecule has 0 aromatic rings. The summed E-state index contributed by atoms with van der Waals surface area (Å²) in [5.41, 5.74) is -12.2. The second-order valence-corrected chi connectivity index (χ2v) is 12.5. The summed E-state index contributed by atoms with van der Waals surface area (Å²) in [6.07, 6.45) is -14.7. The molecular weight excluding hydrogens is 569 g/mol. The molecule has 0 fully saturated rings. The Morgan fingerprint density at radius 3 is 1.26 bits per heavy atom. The lowest BCUT2D eigenvalue weighted by Crippen LogP contribution is -2.73. The summed E-state index contributed by atoms with van der Waals surface area (Å²) >= 11 is 0. The van der Waals surface area contributed by atoms with Gasteiger partial charge in [0, 0.05) is 16.2 Å². The van der Waals surface area contributed by atoms with Crippen LogP contribution >= 0.6 is 0 Å². The van der Waals surface area contributed by atoms with Gasteiger partial charge in [0.1, 0.15) is 0 Å². The van der Waals surface area contributed by atoms with Crippen LogP contribution in [0.25, 0.3) is 0 Å². The minimum atomic E-state index is -7.11. The van der Waals surface area contributed by atoms with Gasteiger partial charge in [-0.3, -0.25) is 9.29 Å². The van der Waals surface area contributed by atoms with E-state index in [-0.39, 0.29) is 13.8 Å². The fourth-order valence-electron chi connectivity index (χ4n) is 4.70. The lowest BCUT2D eigenvalue weighted by Gasteiger charge is -2.60.